The number of pyridine rings is 1. The molecule has 1 heterocycles. The van der Waals surface area contributed by atoms with E-state index in [0.717, 1.165) is 23.5 Å². The lowest BCUT2D eigenvalue weighted by Crippen LogP contribution is -2.23. The number of rotatable bonds is 4. The van der Waals surface area contributed by atoms with Crippen molar-refractivity contribution in [2.75, 3.05) is 11.9 Å². The minimum absolute atomic E-state index is 0.389. The fourth-order valence-corrected chi connectivity index (χ4v) is 2.32. The second-order valence-corrected chi connectivity index (χ2v) is 4.97. The summed E-state index contributed by atoms with van der Waals surface area (Å²) in [5.74, 6) is 0.830. The molecule has 0 amide bonds. The summed E-state index contributed by atoms with van der Waals surface area (Å²) < 4.78 is 0. The van der Waals surface area contributed by atoms with Gasteiger partial charge in [0.1, 0.15) is 10.8 Å². The Hall–Kier alpha value is -1.94. The molecule has 0 spiro atoms. The average molecular weight is 271 g/mol. The highest BCUT2D eigenvalue weighted by molar-refractivity contribution is 7.80. The Morgan fingerprint density at radius 3 is 2.58 bits per heavy atom. The highest BCUT2D eigenvalue weighted by atomic mass is 32.1. The Morgan fingerprint density at radius 2 is 1.95 bits per heavy atom. The van der Waals surface area contributed by atoms with Crippen molar-refractivity contribution in [3.8, 4) is 0 Å². The first-order chi connectivity index (χ1) is 9.09. The molecule has 0 fully saturated rings. The van der Waals surface area contributed by atoms with Gasteiger partial charge in [0.05, 0.1) is 5.56 Å². The third-order valence-corrected chi connectivity index (χ3v) is 3.21. The number of aryl methyl sites for hydroxylation is 1. The van der Waals surface area contributed by atoms with Crippen molar-refractivity contribution >= 4 is 23.0 Å². The third kappa shape index (κ3) is 3.09. The lowest BCUT2D eigenvalue weighted by Gasteiger charge is -2.22. The van der Waals surface area contributed by atoms with Crippen LogP contribution in [0.4, 0.5) is 5.82 Å². The lowest BCUT2D eigenvalue weighted by atomic mass is 10.1. The van der Waals surface area contributed by atoms with E-state index in [9.17, 15) is 0 Å². The van der Waals surface area contributed by atoms with Gasteiger partial charge in [0.25, 0.3) is 0 Å². The van der Waals surface area contributed by atoms with Crippen LogP contribution in [0, 0.1) is 6.92 Å². The SMILES string of the molecule is Cc1ccnc(N(C)Cc2ccccc2)c1C(N)=S. The summed E-state index contributed by atoms with van der Waals surface area (Å²) in [6, 6.07) is 12.2. The van der Waals surface area contributed by atoms with Crippen LogP contribution in [0.15, 0.2) is 42.6 Å². The normalized spacial score (nSPS) is 10.2. The first-order valence-corrected chi connectivity index (χ1v) is 6.51. The van der Waals surface area contributed by atoms with Crippen LogP contribution in [0.2, 0.25) is 0 Å². The molecule has 4 heteroatoms. The van der Waals surface area contributed by atoms with Crippen LogP contribution >= 0.6 is 12.2 Å². The van der Waals surface area contributed by atoms with Gasteiger partial charge in [-0.25, -0.2) is 4.98 Å². The maximum Gasteiger partial charge on any atom is 0.139 e. The van der Waals surface area contributed by atoms with Crippen molar-refractivity contribution in [2.24, 2.45) is 5.73 Å². The Morgan fingerprint density at radius 1 is 1.26 bits per heavy atom. The van der Waals surface area contributed by atoms with Gasteiger partial charge in [-0.2, -0.15) is 0 Å². The summed E-state index contributed by atoms with van der Waals surface area (Å²) >= 11 is 5.13. The summed E-state index contributed by atoms with van der Waals surface area (Å²) in [7, 11) is 2.00. The molecule has 1 aromatic heterocycles. The summed E-state index contributed by atoms with van der Waals surface area (Å²) in [6.45, 7) is 2.77. The highest BCUT2D eigenvalue weighted by Crippen LogP contribution is 2.21. The number of hydrogen-bond acceptors (Lipinski definition) is 3. The quantitative estimate of drug-likeness (QED) is 0.868. The molecular weight excluding hydrogens is 254 g/mol. The molecule has 1 aromatic carbocycles. The molecule has 2 N–H and O–H groups in total. The van der Waals surface area contributed by atoms with Crippen molar-refractivity contribution < 1.29 is 0 Å². The van der Waals surface area contributed by atoms with Gasteiger partial charge in [-0.05, 0) is 24.1 Å². The monoisotopic (exact) mass is 271 g/mol. The molecule has 0 saturated carbocycles. The number of thiocarbonyl (C=S) groups is 1. The number of nitrogens with two attached hydrogens (primary N) is 1. The molecule has 98 valence electrons. The molecule has 0 aliphatic carbocycles. The molecule has 0 bridgehead atoms. The molecule has 0 atom stereocenters. The smallest absolute Gasteiger partial charge is 0.139 e. The van der Waals surface area contributed by atoms with Crippen molar-refractivity contribution in [1.82, 2.24) is 4.98 Å². The predicted molar refractivity (Wildman–Crippen MR) is 83.4 cm³/mol. The Labute approximate surface area is 119 Å². The van der Waals surface area contributed by atoms with Crippen molar-refractivity contribution in [3.63, 3.8) is 0 Å². The third-order valence-electron chi connectivity index (χ3n) is 3.01. The molecule has 19 heavy (non-hydrogen) atoms. The van der Waals surface area contributed by atoms with Crippen molar-refractivity contribution in [2.45, 2.75) is 13.5 Å². The van der Waals surface area contributed by atoms with E-state index >= 15 is 0 Å². The van der Waals surface area contributed by atoms with Crippen LogP contribution in [0.5, 0.6) is 0 Å². The summed E-state index contributed by atoms with van der Waals surface area (Å²) in [6.07, 6.45) is 1.79. The van der Waals surface area contributed by atoms with E-state index in [2.05, 4.69) is 22.0 Å². The second-order valence-electron chi connectivity index (χ2n) is 4.53. The number of hydrogen-bond donors (Lipinski definition) is 1. The first kappa shape index (κ1) is 13.5. The number of anilines is 1. The minimum atomic E-state index is 0.389. The van der Waals surface area contributed by atoms with E-state index in [1.165, 1.54) is 5.56 Å². The van der Waals surface area contributed by atoms with Gasteiger partial charge < -0.3 is 10.6 Å². The maximum atomic E-state index is 5.81. The maximum absolute atomic E-state index is 5.81. The fraction of sp³-hybridized carbons (Fsp3) is 0.200. The van der Waals surface area contributed by atoms with Gasteiger partial charge in [0, 0.05) is 19.8 Å². The van der Waals surface area contributed by atoms with Gasteiger partial charge in [-0.1, -0.05) is 42.5 Å². The topological polar surface area (TPSA) is 42.2 Å². The zero-order valence-corrected chi connectivity index (χ0v) is 11.9. The van der Waals surface area contributed by atoms with E-state index in [-0.39, 0.29) is 0 Å². The Balaban J connectivity index is 2.31. The summed E-state index contributed by atoms with van der Waals surface area (Å²) in [4.78, 5) is 6.87. The Kier molecular flexibility index (Phi) is 4.12. The van der Waals surface area contributed by atoms with Gasteiger partial charge in [0.15, 0.2) is 0 Å². The van der Waals surface area contributed by atoms with Crippen LogP contribution in [-0.2, 0) is 6.54 Å². The van der Waals surface area contributed by atoms with Crippen LogP contribution < -0.4 is 10.6 Å². The number of nitrogens with zero attached hydrogens (tertiary/aromatic N) is 2. The molecular formula is C15H17N3S. The van der Waals surface area contributed by atoms with Crippen molar-refractivity contribution in [3.05, 3.63) is 59.3 Å². The average Bonchev–Trinajstić information content (AvgIpc) is 2.39. The van der Waals surface area contributed by atoms with Crippen LogP contribution in [0.3, 0.4) is 0 Å². The predicted octanol–water partition coefficient (Wildman–Crippen LogP) is 2.66. The number of aromatic nitrogens is 1. The molecule has 3 nitrogen and oxygen atoms in total. The molecule has 2 rings (SSSR count). The van der Waals surface area contributed by atoms with E-state index in [1.807, 2.05) is 38.2 Å². The molecule has 2 aromatic rings. The van der Waals surface area contributed by atoms with Crippen molar-refractivity contribution in [1.29, 1.82) is 0 Å². The van der Waals surface area contributed by atoms with Gasteiger partial charge >= 0.3 is 0 Å². The van der Waals surface area contributed by atoms with E-state index < -0.39 is 0 Å². The largest absolute Gasteiger partial charge is 0.389 e. The first-order valence-electron chi connectivity index (χ1n) is 6.10. The fourth-order valence-electron chi connectivity index (χ4n) is 2.07. The Bertz CT molecular complexity index is 581. The van der Waals surface area contributed by atoms with Gasteiger partial charge in [-0.15, -0.1) is 0 Å². The van der Waals surface area contributed by atoms with Gasteiger partial charge in [0.2, 0.25) is 0 Å². The zero-order chi connectivity index (χ0) is 13.8. The van der Waals surface area contributed by atoms with E-state index in [1.54, 1.807) is 6.20 Å². The summed E-state index contributed by atoms with van der Waals surface area (Å²) in [5.41, 5.74) is 8.95. The lowest BCUT2D eigenvalue weighted by molar-refractivity contribution is 0.894. The van der Waals surface area contributed by atoms with E-state index in [4.69, 9.17) is 18.0 Å². The minimum Gasteiger partial charge on any atom is -0.389 e. The molecule has 0 aliphatic rings. The standard InChI is InChI=1S/C15H17N3S/c1-11-8-9-17-15(13(11)14(16)19)18(2)10-12-6-4-3-5-7-12/h3-9H,10H2,1-2H3,(H2,16,19). The molecule has 0 saturated heterocycles. The van der Waals surface area contributed by atoms with E-state index in [0.29, 0.717) is 4.99 Å². The van der Waals surface area contributed by atoms with Crippen LogP contribution in [-0.4, -0.2) is 17.0 Å². The molecule has 0 aliphatic heterocycles. The van der Waals surface area contributed by atoms with Gasteiger partial charge in [-0.3, -0.25) is 0 Å². The summed E-state index contributed by atoms with van der Waals surface area (Å²) in [5, 5.41) is 0. The molecule has 0 radical (unpaired) electrons. The zero-order valence-electron chi connectivity index (χ0n) is 11.1. The van der Waals surface area contributed by atoms with Crippen LogP contribution in [0.1, 0.15) is 16.7 Å². The molecule has 0 unspecified atom stereocenters. The number of benzene rings is 1. The van der Waals surface area contributed by atoms with Crippen LogP contribution in [0.25, 0.3) is 0 Å². The second kappa shape index (κ2) is 5.80. The highest BCUT2D eigenvalue weighted by Gasteiger charge is 2.13.